The number of nitrogens with zero attached hydrogens (tertiary/aromatic N) is 2. The van der Waals surface area contributed by atoms with Gasteiger partial charge in [-0.15, -0.1) is 0 Å². The molecule has 0 bridgehead atoms. The molecule has 1 unspecified atom stereocenters. The van der Waals surface area contributed by atoms with Gasteiger partial charge in [-0.2, -0.15) is 0 Å². The zero-order chi connectivity index (χ0) is 24.6. The molecule has 3 aromatic rings. The Bertz CT molecular complexity index is 1530. The van der Waals surface area contributed by atoms with Crippen molar-refractivity contribution in [3.63, 3.8) is 0 Å². The van der Waals surface area contributed by atoms with E-state index in [9.17, 15) is 24.6 Å². The van der Waals surface area contributed by atoms with E-state index in [4.69, 9.17) is 24.9 Å². The summed E-state index contributed by atoms with van der Waals surface area (Å²) in [5.41, 5.74) is 5.97. The lowest BCUT2D eigenvalue weighted by atomic mass is 9.86. The highest BCUT2D eigenvalue weighted by Gasteiger charge is 2.45. The van der Waals surface area contributed by atoms with Gasteiger partial charge in [-0.25, -0.2) is 9.78 Å². The van der Waals surface area contributed by atoms with Crippen LogP contribution in [0.15, 0.2) is 23.0 Å². The molecule has 1 amide bonds. The topological polar surface area (TPSA) is 163 Å². The van der Waals surface area contributed by atoms with Crippen LogP contribution in [-0.4, -0.2) is 44.5 Å². The number of aliphatic hydroxyl groups excluding tert-OH is 1. The summed E-state index contributed by atoms with van der Waals surface area (Å²) in [5, 5.41) is 22.0. The number of primary amides is 1. The molecule has 3 aliphatic heterocycles. The zero-order valence-corrected chi connectivity index (χ0v) is 18.7. The molecule has 4 N–H and O–H groups in total. The Balaban J connectivity index is 1.63. The number of aromatic nitrogens is 2. The largest absolute Gasteiger partial charge is 0.458 e. The Hall–Kier alpha value is -3.96. The van der Waals surface area contributed by atoms with E-state index in [0.717, 1.165) is 0 Å². The lowest BCUT2D eigenvalue weighted by Crippen LogP contribution is -2.44. The highest BCUT2D eigenvalue weighted by atomic mass is 16.7. The number of nitrogens with two attached hydrogens (primary N) is 1. The third kappa shape index (κ3) is 2.91. The first-order chi connectivity index (χ1) is 16.7. The number of benzene rings is 1. The fourth-order valence-electron chi connectivity index (χ4n) is 5.08. The smallest absolute Gasteiger partial charge is 0.343 e. The van der Waals surface area contributed by atoms with Gasteiger partial charge in [0.15, 0.2) is 17.1 Å². The van der Waals surface area contributed by atoms with E-state index in [1.807, 2.05) is 0 Å². The van der Waals surface area contributed by atoms with Crippen molar-refractivity contribution in [2.45, 2.75) is 44.6 Å². The molecule has 0 radical (unpaired) electrons. The minimum Gasteiger partial charge on any atom is -0.458 e. The number of esters is 1. The van der Waals surface area contributed by atoms with Gasteiger partial charge in [-0.3, -0.25) is 9.59 Å². The molecule has 0 saturated carbocycles. The number of cyclic esters (lactones) is 1. The van der Waals surface area contributed by atoms with Gasteiger partial charge in [-0.1, -0.05) is 6.92 Å². The van der Waals surface area contributed by atoms with Crippen molar-refractivity contribution < 1.29 is 34.0 Å². The van der Waals surface area contributed by atoms with E-state index < -0.39 is 29.1 Å². The number of amides is 1. The molecule has 35 heavy (non-hydrogen) atoms. The van der Waals surface area contributed by atoms with Gasteiger partial charge in [0.2, 0.25) is 12.7 Å². The maximum Gasteiger partial charge on any atom is 0.343 e. The van der Waals surface area contributed by atoms with Gasteiger partial charge in [-0.05, 0) is 24.1 Å². The van der Waals surface area contributed by atoms with Crippen LogP contribution in [0.3, 0.4) is 0 Å². The van der Waals surface area contributed by atoms with Crippen LogP contribution in [0.25, 0.3) is 22.3 Å². The third-order valence-corrected chi connectivity index (χ3v) is 7.03. The van der Waals surface area contributed by atoms with E-state index in [-0.39, 0.29) is 43.9 Å². The normalized spacial score (nSPS) is 20.3. The van der Waals surface area contributed by atoms with Gasteiger partial charge in [0.25, 0.3) is 5.56 Å². The van der Waals surface area contributed by atoms with Crippen molar-refractivity contribution in [1.29, 1.82) is 0 Å². The first kappa shape index (κ1) is 21.6. The first-order valence-corrected chi connectivity index (χ1v) is 11.1. The predicted octanol–water partition coefficient (Wildman–Crippen LogP) is 0.197. The number of aliphatic hydroxyl groups is 2. The number of carbonyl (C=O) groups is 2. The van der Waals surface area contributed by atoms with Crippen molar-refractivity contribution >= 4 is 22.8 Å². The van der Waals surface area contributed by atoms with Crippen LogP contribution in [0.4, 0.5) is 0 Å². The highest BCUT2D eigenvalue weighted by molar-refractivity contribution is 5.92. The summed E-state index contributed by atoms with van der Waals surface area (Å²) in [5.74, 6) is -0.688. The molecule has 6 rings (SSSR count). The van der Waals surface area contributed by atoms with Crippen molar-refractivity contribution in [2.24, 2.45) is 5.73 Å². The maximum atomic E-state index is 13.5. The number of pyridine rings is 2. The minimum atomic E-state index is -1.95. The first-order valence-electron chi connectivity index (χ1n) is 11.1. The highest BCUT2D eigenvalue weighted by Crippen LogP contribution is 2.43. The maximum absolute atomic E-state index is 13.5. The minimum absolute atomic E-state index is 0.0270. The quantitative estimate of drug-likeness (QED) is 0.347. The molecule has 0 saturated heterocycles. The summed E-state index contributed by atoms with van der Waals surface area (Å²) in [7, 11) is 0. The van der Waals surface area contributed by atoms with Crippen LogP contribution in [0.5, 0.6) is 11.5 Å². The molecule has 5 heterocycles. The molecule has 2 atom stereocenters. The van der Waals surface area contributed by atoms with Gasteiger partial charge in [0.1, 0.15) is 12.7 Å². The predicted molar refractivity (Wildman–Crippen MR) is 120 cm³/mol. The molecule has 1 aromatic carbocycles. The third-order valence-electron chi connectivity index (χ3n) is 7.03. The van der Waals surface area contributed by atoms with E-state index in [1.165, 1.54) is 4.57 Å². The van der Waals surface area contributed by atoms with Gasteiger partial charge >= 0.3 is 5.97 Å². The van der Waals surface area contributed by atoms with Gasteiger partial charge in [0, 0.05) is 29.0 Å². The van der Waals surface area contributed by atoms with Gasteiger partial charge in [0.05, 0.1) is 29.0 Å². The Morgan fingerprint density at radius 2 is 1.94 bits per heavy atom. The molecule has 0 spiro atoms. The fourth-order valence-corrected chi connectivity index (χ4v) is 5.08. The lowest BCUT2D eigenvalue weighted by Gasteiger charge is -2.31. The van der Waals surface area contributed by atoms with Crippen LogP contribution in [-0.2, 0) is 39.5 Å². The molecule has 0 fully saturated rings. The molecule has 0 aliphatic carbocycles. The lowest BCUT2D eigenvalue weighted by molar-refractivity contribution is -0.172. The summed E-state index contributed by atoms with van der Waals surface area (Å²) in [6.45, 7) is 1.57. The van der Waals surface area contributed by atoms with Crippen molar-refractivity contribution in [2.75, 3.05) is 6.79 Å². The Morgan fingerprint density at radius 1 is 1.20 bits per heavy atom. The fraction of sp³-hybridized carbons (Fsp3) is 0.333. The molecule has 180 valence electrons. The standard InChI is InChI=1S/C24H21N3O8/c1-2-24(32)14-5-16-20-12(7-27(16)22(30)13(14)8-33-23(24)31)10(3-17(28)21(25)29)11-4-18-19(35-9-34-18)6-15(11)26-20/h4-6,17,28,32H,2-3,7-9H2,1H3,(H2,25,29)/t17?,24-/m0/s1. The Morgan fingerprint density at radius 3 is 2.66 bits per heavy atom. The summed E-state index contributed by atoms with van der Waals surface area (Å²) < 4.78 is 17.6. The number of carbonyl (C=O) groups excluding carboxylic acids is 2. The second-order valence-electron chi connectivity index (χ2n) is 8.87. The van der Waals surface area contributed by atoms with Crippen molar-refractivity contribution in [3.05, 3.63) is 50.8 Å². The zero-order valence-electron chi connectivity index (χ0n) is 18.7. The van der Waals surface area contributed by atoms with Crippen LogP contribution < -0.4 is 20.8 Å². The SMILES string of the molecule is CC[C@@]1(O)C(=O)OCc2c1cc1n(c2=O)Cc2c-1nc1cc3c(cc1c2CC(O)C(N)=O)OCO3. The average molecular weight is 479 g/mol. The van der Waals surface area contributed by atoms with Crippen LogP contribution in [0.2, 0.25) is 0 Å². The molecule has 11 nitrogen and oxygen atoms in total. The molecular formula is C24H21N3O8. The molecule has 3 aliphatic rings. The number of ether oxygens (including phenoxy) is 3. The summed E-state index contributed by atoms with van der Waals surface area (Å²) in [4.78, 5) is 42.3. The summed E-state index contributed by atoms with van der Waals surface area (Å²) in [6.07, 6.45) is -1.53. The average Bonchev–Trinajstić information content (AvgIpc) is 3.44. The molecular weight excluding hydrogens is 458 g/mol. The number of rotatable bonds is 4. The van der Waals surface area contributed by atoms with E-state index >= 15 is 0 Å². The number of hydrogen-bond acceptors (Lipinski definition) is 9. The molecule has 11 heteroatoms. The Kier molecular flexibility index (Phi) is 4.48. The monoisotopic (exact) mass is 479 g/mol. The van der Waals surface area contributed by atoms with E-state index in [0.29, 0.717) is 44.9 Å². The van der Waals surface area contributed by atoms with E-state index in [1.54, 1.807) is 25.1 Å². The van der Waals surface area contributed by atoms with Gasteiger partial charge < -0.3 is 34.7 Å². The second-order valence-corrected chi connectivity index (χ2v) is 8.87. The van der Waals surface area contributed by atoms with Crippen LogP contribution in [0, 0.1) is 0 Å². The number of hydrogen-bond donors (Lipinski definition) is 3. The second kappa shape index (κ2) is 7.27. The van der Waals surface area contributed by atoms with Crippen LogP contribution >= 0.6 is 0 Å². The van der Waals surface area contributed by atoms with Crippen LogP contribution in [0.1, 0.15) is 35.6 Å². The molecule has 2 aromatic heterocycles. The van der Waals surface area contributed by atoms with Crippen molar-refractivity contribution in [1.82, 2.24) is 9.55 Å². The Labute approximate surface area is 197 Å². The van der Waals surface area contributed by atoms with E-state index in [2.05, 4.69) is 0 Å². The number of fused-ring (bicyclic) bond motifs is 6. The summed E-state index contributed by atoms with van der Waals surface area (Å²) in [6, 6.07) is 5.02. The van der Waals surface area contributed by atoms with Crippen molar-refractivity contribution in [3.8, 4) is 22.9 Å². The summed E-state index contributed by atoms with van der Waals surface area (Å²) >= 11 is 0.